The molecule has 0 N–H and O–H groups in total. The zero-order chi connectivity index (χ0) is 51.7. The number of para-hydroxylation sites is 2. The molecule has 0 atom stereocenters. The summed E-state index contributed by atoms with van der Waals surface area (Å²) in [5.41, 5.74) is 9.05. The van der Waals surface area contributed by atoms with E-state index < -0.39 is 0 Å². The lowest BCUT2D eigenvalue weighted by atomic mass is 9.86. The van der Waals surface area contributed by atoms with E-state index in [0.717, 1.165) is 131 Å². The summed E-state index contributed by atoms with van der Waals surface area (Å²) < 4.78 is 4.59. The van der Waals surface area contributed by atoms with Crippen LogP contribution in [0, 0.1) is 45.3 Å². The second kappa shape index (κ2) is 15.1. The Morgan fingerprint density at radius 2 is 0.744 bits per heavy atom. The van der Waals surface area contributed by atoms with Crippen LogP contribution in [0.5, 0.6) is 0 Å². The van der Waals surface area contributed by atoms with E-state index in [0.29, 0.717) is 10.8 Å². The smallest absolute Gasteiger partial charge is 0.147 e. The summed E-state index contributed by atoms with van der Waals surface area (Å²) in [4.78, 5) is 11.0. The molecule has 8 nitrogen and oxygen atoms in total. The summed E-state index contributed by atoms with van der Waals surface area (Å²) in [7, 11) is 0. The van der Waals surface area contributed by atoms with Crippen LogP contribution < -0.4 is 0 Å². The minimum Gasteiger partial charge on any atom is -0.292 e. The summed E-state index contributed by atoms with van der Waals surface area (Å²) in [5, 5.41) is 62.7. The number of nitriles is 4. The van der Waals surface area contributed by atoms with Gasteiger partial charge in [0, 0.05) is 48.5 Å². The molecule has 0 amide bonds. The highest BCUT2D eigenvalue weighted by atomic mass is 15.0. The minimum absolute atomic E-state index is 0.0514. The van der Waals surface area contributed by atoms with E-state index in [1.54, 1.807) is 0 Å². The van der Waals surface area contributed by atoms with E-state index in [9.17, 15) is 21.0 Å². The van der Waals surface area contributed by atoms with Crippen LogP contribution in [0.25, 0.3) is 163 Å². The number of imidazole rings is 2. The second-order valence-corrected chi connectivity index (χ2v) is 20.3. The van der Waals surface area contributed by atoms with Gasteiger partial charge in [-0.25, -0.2) is 9.97 Å². The monoisotopic (exact) mass is 984 g/mol. The van der Waals surface area contributed by atoms with E-state index in [1.165, 1.54) is 21.5 Å². The molecule has 0 spiro atoms. The third-order valence-corrected chi connectivity index (χ3v) is 16.7. The molecule has 4 heterocycles. The van der Waals surface area contributed by atoms with Crippen molar-refractivity contribution in [3.8, 4) is 35.4 Å². The van der Waals surface area contributed by atoms with Gasteiger partial charge in [0.1, 0.15) is 35.6 Å². The number of hydrogen-bond donors (Lipinski definition) is 0. The van der Waals surface area contributed by atoms with Gasteiger partial charge in [-0.15, -0.1) is 0 Å². The molecule has 0 radical (unpaired) electrons. The molecule has 0 fully saturated rings. The first-order chi connectivity index (χ1) is 38.6. The number of hydrogen-bond acceptors (Lipinski definition) is 6. The number of benzene rings is 13. The Bertz CT molecular complexity index is 5930. The molecule has 0 saturated heterocycles. The summed E-state index contributed by atoms with van der Waals surface area (Å²) >= 11 is 0. The molecule has 17 rings (SSSR count). The van der Waals surface area contributed by atoms with Crippen molar-refractivity contribution in [2.45, 2.75) is 0 Å². The van der Waals surface area contributed by atoms with Crippen LogP contribution >= 0.6 is 0 Å². The summed E-state index contributed by atoms with van der Waals surface area (Å²) in [6, 6.07) is 77.3. The standard InChI is InChI=1S/C70H32N8/c71-33-53-50-31-52-60(32-51(50)54(34-72)56(36-74)55(53)35-73)77-61-30-37(28-29-58(61)76-69(77)66-45-20-7-3-15-40(45)39-14-1-5-18-43(39)63(52)66)38-24-13-25-49-62(38)46-21-8-9-22-47(46)67-64(49)65-44-19-6-2-16-41(44)42-17-4-10-23-48(42)68(65)78-59-27-12-11-26-57(59)75-70(67)78/h1-32H. The van der Waals surface area contributed by atoms with Gasteiger partial charge in [-0.05, 0) is 107 Å². The van der Waals surface area contributed by atoms with Crippen LogP contribution in [0.3, 0.4) is 0 Å². The molecular formula is C70H32N8. The fourth-order valence-electron chi connectivity index (χ4n) is 13.7. The van der Waals surface area contributed by atoms with E-state index in [4.69, 9.17) is 9.97 Å². The van der Waals surface area contributed by atoms with Gasteiger partial charge in [-0.3, -0.25) is 8.80 Å². The molecule has 0 aliphatic carbocycles. The Morgan fingerprint density at radius 3 is 1.37 bits per heavy atom. The van der Waals surface area contributed by atoms with Gasteiger partial charge >= 0.3 is 0 Å². The van der Waals surface area contributed by atoms with Gasteiger partial charge < -0.3 is 0 Å². The molecule has 0 aliphatic rings. The van der Waals surface area contributed by atoms with Gasteiger partial charge in [-0.1, -0.05) is 158 Å². The largest absolute Gasteiger partial charge is 0.292 e. The number of pyridine rings is 2. The van der Waals surface area contributed by atoms with E-state index in [-0.39, 0.29) is 22.3 Å². The van der Waals surface area contributed by atoms with Crippen LogP contribution in [-0.2, 0) is 0 Å². The lowest BCUT2D eigenvalue weighted by Gasteiger charge is -2.20. The predicted molar refractivity (Wildman–Crippen MR) is 316 cm³/mol. The molecule has 0 unspecified atom stereocenters. The number of fused-ring (bicyclic) bond motifs is 32. The zero-order valence-electron chi connectivity index (χ0n) is 41.1. The number of rotatable bonds is 1. The molecule has 0 aliphatic heterocycles. The third kappa shape index (κ3) is 5.13. The highest BCUT2D eigenvalue weighted by Gasteiger charge is 2.27. The average molecular weight is 985 g/mol. The van der Waals surface area contributed by atoms with Gasteiger partial charge in [0.05, 0.1) is 55.4 Å². The maximum atomic E-state index is 10.8. The van der Waals surface area contributed by atoms with E-state index >= 15 is 0 Å². The summed E-state index contributed by atoms with van der Waals surface area (Å²) in [6.45, 7) is 0. The second-order valence-electron chi connectivity index (χ2n) is 20.3. The third-order valence-electron chi connectivity index (χ3n) is 16.7. The minimum atomic E-state index is -0.110. The van der Waals surface area contributed by atoms with Crippen LogP contribution in [0.4, 0.5) is 0 Å². The lowest BCUT2D eigenvalue weighted by molar-refractivity contribution is 1.32. The van der Waals surface area contributed by atoms with Gasteiger partial charge in [0.2, 0.25) is 0 Å². The van der Waals surface area contributed by atoms with E-state index in [1.807, 2.05) is 24.3 Å². The predicted octanol–water partition coefficient (Wildman–Crippen LogP) is 17.1. The summed E-state index contributed by atoms with van der Waals surface area (Å²) in [5.74, 6) is 0. The number of aromatic nitrogens is 4. The maximum Gasteiger partial charge on any atom is 0.147 e. The highest BCUT2D eigenvalue weighted by molar-refractivity contribution is 6.42. The Labute approximate surface area is 441 Å². The highest BCUT2D eigenvalue weighted by Crippen LogP contribution is 2.50. The van der Waals surface area contributed by atoms with Gasteiger partial charge in [0.25, 0.3) is 0 Å². The first-order valence-electron chi connectivity index (χ1n) is 25.7. The Kier molecular flexibility index (Phi) is 8.13. The fraction of sp³-hybridized carbons (Fsp3) is 0. The molecular weight excluding hydrogens is 953 g/mol. The van der Waals surface area contributed by atoms with Crippen molar-refractivity contribution >= 4 is 152 Å². The maximum absolute atomic E-state index is 10.8. The molecule has 0 bridgehead atoms. The fourth-order valence-corrected chi connectivity index (χ4v) is 13.7. The van der Waals surface area contributed by atoms with Crippen molar-refractivity contribution < 1.29 is 0 Å². The van der Waals surface area contributed by atoms with Crippen molar-refractivity contribution in [3.05, 3.63) is 216 Å². The topological polar surface area (TPSA) is 130 Å². The molecule has 13 aromatic carbocycles. The zero-order valence-corrected chi connectivity index (χ0v) is 41.1. The van der Waals surface area contributed by atoms with Crippen LogP contribution in [0.2, 0.25) is 0 Å². The van der Waals surface area contributed by atoms with Crippen molar-refractivity contribution in [2.75, 3.05) is 0 Å². The van der Waals surface area contributed by atoms with Crippen molar-refractivity contribution in [3.63, 3.8) is 0 Å². The normalized spacial score (nSPS) is 12.1. The van der Waals surface area contributed by atoms with Crippen LogP contribution in [0.15, 0.2) is 194 Å². The Morgan fingerprint density at radius 1 is 0.282 bits per heavy atom. The van der Waals surface area contributed by atoms with Crippen molar-refractivity contribution in [2.24, 2.45) is 0 Å². The van der Waals surface area contributed by atoms with Crippen molar-refractivity contribution in [1.29, 1.82) is 21.0 Å². The van der Waals surface area contributed by atoms with Gasteiger partial charge in [0.15, 0.2) is 0 Å². The molecule has 352 valence electrons. The van der Waals surface area contributed by atoms with Crippen LogP contribution in [0.1, 0.15) is 22.3 Å². The van der Waals surface area contributed by atoms with E-state index in [2.05, 4.69) is 203 Å². The number of nitrogens with zero attached hydrogens (tertiary/aromatic N) is 8. The molecule has 8 heteroatoms. The molecule has 0 saturated carbocycles. The average Bonchev–Trinajstić information content (AvgIpc) is 3.99. The SMILES string of the molecule is N#Cc1c(C#N)c(C#N)c2cc3c(cc2c1C#N)c1c2ccccc2c2ccccc2c1c1nc2ccc(-c4cccc5c4c4ccccc4c4c5c5c6ccccc6c6ccccc6c5n5c6ccccc6nc45)cc2n31. The first kappa shape index (κ1) is 42.0. The molecule has 17 aromatic rings. The Hall–Kier alpha value is -11.4. The summed E-state index contributed by atoms with van der Waals surface area (Å²) in [6.07, 6.45) is 0. The molecule has 4 aromatic heterocycles. The quantitative estimate of drug-likeness (QED) is 0.119. The Balaban J connectivity index is 1.07. The molecule has 78 heavy (non-hydrogen) atoms. The lowest BCUT2D eigenvalue weighted by Crippen LogP contribution is -2.00. The first-order valence-corrected chi connectivity index (χ1v) is 25.7. The van der Waals surface area contributed by atoms with Gasteiger partial charge in [-0.2, -0.15) is 21.0 Å². The van der Waals surface area contributed by atoms with Crippen LogP contribution in [-0.4, -0.2) is 18.8 Å². The van der Waals surface area contributed by atoms with Crippen molar-refractivity contribution in [1.82, 2.24) is 18.8 Å².